The van der Waals surface area contributed by atoms with Gasteiger partial charge in [0.25, 0.3) is 0 Å². The first kappa shape index (κ1) is 29.9. The van der Waals surface area contributed by atoms with Crippen molar-refractivity contribution in [1.82, 2.24) is 19.2 Å². The molecule has 0 N–H and O–H groups in total. The molecule has 0 spiro atoms. The van der Waals surface area contributed by atoms with E-state index in [0.29, 0.717) is 10.6 Å². The van der Waals surface area contributed by atoms with Crippen LogP contribution in [0.5, 0.6) is 0 Å². The number of imidazole rings is 1. The van der Waals surface area contributed by atoms with Gasteiger partial charge in [-0.05, 0) is 54.3 Å². The molecule has 0 aliphatic rings. The molecular weight excluding hydrogens is 609 g/mol. The third-order valence-corrected chi connectivity index (χ3v) is 12.0. The van der Waals surface area contributed by atoms with Crippen molar-refractivity contribution in [2.75, 3.05) is 5.75 Å². The van der Waals surface area contributed by atoms with Crippen LogP contribution in [-0.2, 0) is 15.4 Å². The van der Waals surface area contributed by atoms with Crippen molar-refractivity contribution in [2.45, 2.75) is 36.4 Å². The first-order valence-electron chi connectivity index (χ1n) is 15.5. The first-order valence-corrected chi connectivity index (χ1v) is 17.9. The summed E-state index contributed by atoms with van der Waals surface area (Å²) >= 11 is 1.30. The average molecular weight is 643 g/mol. The number of nitrogens with zero attached hydrogens (tertiary/aromatic N) is 4. The summed E-state index contributed by atoms with van der Waals surface area (Å²) in [7, 11) is -3.30. The lowest BCUT2D eigenvalue weighted by molar-refractivity contribution is 0.458. The van der Waals surface area contributed by atoms with Crippen molar-refractivity contribution < 1.29 is 8.42 Å². The number of pyridine rings is 1. The van der Waals surface area contributed by atoms with E-state index in [1.54, 1.807) is 6.07 Å². The molecular formula is C38H34N4O2S2. The van der Waals surface area contributed by atoms with Crippen LogP contribution >= 0.6 is 11.3 Å². The van der Waals surface area contributed by atoms with Crippen LogP contribution in [0.15, 0.2) is 138 Å². The quantitative estimate of drug-likeness (QED) is 0.140. The summed E-state index contributed by atoms with van der Waals surface area (Å²) < 4.78 is 30.3. The lowest BCUT2D eigenvalue weighted by atomic mass is 9.77. The third kappa shape index (κ3) is 5.17. The number of unbranched alkanes of at least 4 members (excludes halogenated alkanes) is 1. The number of sulfone groups is 1. The summed E-state index contributed by atoms with van der Waals surface area (Å²) in [6, 6.07) is 39.3. The smallest absolute Gasteiger partial charge is 0.187 e. The molecule has 8 heteroatoms. The molecule has 7 rings (SSSR count). The molecule has 230 valence electrons. The molecule has 0 aliphatic carbocycles. The van der Waals surface area contributed by atoms with E-state index in [4.69, 9.17) is 5.10 Å². The molecule has 6 nitrogen and oxygen atoms in total. The zero-order chi connectivity index (χ0) is 31.7. The second kappa shape index (κ2) is 12.2. The van der Waals surface area contributed by atoms with E-state index in [0.717, 1.165) is 56.2 Å². The van der Waals surface area contributed by atoms with Gasteiger partial charge in [-0.1, -0.05) is 104 Å². The Bertz CT molecular complexity index is 2120. The van der Waals surface area contributed by atoms with Crippen LogP contribution in [0.2, 0.25) is 0 Å². The molecule has 0 saturated carbocycles. The normalized spacial score (nSPS) is 12.1. The molecule has 3 aromatic carbocycles. The minimum Gasteiger partial charge on any atom is -0.298 e. The number of hydrogen-bond donors (Lipinski definition) is 0. The molecule has 4 heterocycles. The zero-order valence-electron chi connectivity index (χ0n) is 25.7. The third-order valence-electron chi connectivity index (χ3n) is 8.54. The Labute approximate surface area is 273 Å². The summed E-state index contributed by atoms with van der Waals surface area (Å²) in [4.78, 5) is 5.50. The molecule has 0 unspecified atom stereocenters. The highest BCUT2D eigenvalue weighted by Crippen LogP contribution is 2.42. The van der Waals surface area contributed by atoms with Gasteiger partial charge in [0.1, 0.15) is 15.4 Å². The van der Waals surface area contributed by atoms with E-state index in [9.17, 15) is 8.42 Å². The fourth-order valence-electron chi connectivity index (χ4n) is 6.23. The number of thiophene rings is 1. The fraction of sp³-hybridized carbons (Fsp3) is 0.158. The van der Waals surface area contributed by atoms with Gasteiger partial charge in [0.15, 0.2) is 9.84 Å². The molecule has 0 fully saturated rings. The van der Waals surface area contributed by atoms with Crippen molar-refractivity contribution in [2.24, 2.45) is 0 Å². The zero-order valence-corrected chi connectivity index (χ0v) is 27.4. The highest BCUT2D eigenvalue weighted by molar-refractivity contribution is 7.93. The van der Waals surface area contributed by atoms with Gasteiger partial charge >= 0.3 is 0 Å². The van der Waals surface area contributed by atoms with Crippen LogP contribution in [0.3, 0.4) is 0 Å². The predicted octanol–water partition coefficient (Wildman–Crippen LogP) is 8.65. The highest BCUT2D eigenvalue weighted by atomic mass is 32.2. The van der Waals surface area contributed by atoms with E-state index in [2.05, 4.69) is 101 Å². The van der Waals surface area contributed by atoms with E-state index in [1.807, 2.05) is 54.8 Å². The maximum Gasteiger partial charge on any atom is 0.187 e. The van der Waals surface area contributed by atoms with Gasteiger partial charge in [-0.15, -0.1) is 11.3 Å². The molecule has 46 heavy (non-hydrogen) atoms. The Kier molecular flexibility index (Phi) is 7.92. The number of rotatable bonds is 10. The number of hydrogen-bond acceptors (Lipinski definition) is 5. The monoisotopic (exact) mass is 642 g/mol. The number of fused-ring (bicyclic) bond motifs is 1. The van der Waals surface area contributed by atoms with Crippen molar-refractivity contribution in [1.29, 1.82) is 0 Å². The van der Waals surface area contributed by atoms with Gasteiger partial charge in [-0.25, -0.2) is 13.4 Å². The van der Waals surface area contributed by atoms with Gasteiger partial charge in [0.2, 0.25) is 0 Å². The van der Waals surface area contributed by atoms with E-state index >= 15 is 0 Å². The van der Waals surface area contributed by atoms with E-state index in [1.165, 1.54) is 11.3 Å². The second-order valence-electron chi connectivity index (χ2n) is 11.5. The summed E-state index contributed by atoms with van der Waals surface area (Å²) in [5.74, 6) is 0.167. The van der Waals surface area contributed by atoms with Crippen molar-refractivity contribution in [3.05, 3.63) is 156 Å². The number of benzene rings is 3. The van der Waals surface area contributed by atoms with Gasteiger partial charge in [0.05, 0.1) is 28.2 Å². The van der Waals surface area contributed by atoms with E-state index < -0.39 is 15.4 Å². The maximum absolute atomic E-state index is 12.9. The van der Waals surface area contributed by atoms with Gasteiger partial charge in [-0.3, -0.25) is 9.08 Å². The summed E-state index contributed by atoms with van der Waals surface area (Å²) in [6.07, 6.45) is 7.53. The van der Waals surface area contributed by atoms with Crippen LogP contribution in [-0.4, -0.2) is 33.3 Å². The maximum atomic E-state index is 12.9. The molecule has 4 aromatic heterocycles. The Morgan fingerprint density at radius 1 is 0.761 bits per heavy atom. The van der Waals surface area contributed by atoms with Crippen molar-refractivity contribution >= 4 is 26.8 Å². The van der Waals surface area contributed by atoms with Crippen LogP contribution in [0.4, 0.5) is 0 Å². The van der Waals surface area contributed by atoms with Crippen LogP contribution in [0.25, 0.3) is 27.3 Å². The number of aromatic nitrogens is 4. The van der Waals surface area contributed by atoms with Crippen LogP contribution in [0, 0.1) is 6.92 Å². The van der Waals surface area contributed by atoms with Crippen molar-refractivity contribution in [3.8, 4) is 21.7 Å². The Balaban J connectivity index is 1.37. The molecule has 0 radical (unpaired) electrons. The minimum absolute atomic E-state index is 0.167. The van der Waals surface area contributed by atoms with E-state index in [-0.39, 0.29) is 5.75 Å². The largest absolute Gasteiger partial charge is 0.298 e. The van der Waals surface area contributed by atoms with Crippen LogP contribution in [0.1, 0.15) is 42.1 Å². The second-order valence-corrected chi connectivity index (χ2v) is 14.9. The molecule has 0 bridgehead atoms. The fourth-order valence-corrected chi connectivity index (χ4v) is 9.15. The molecule has 0 saturated heterocycles. The molecule has 0 amide bonds. The van der Waals surface area contributed by atoms with Crippen LogP contribution < -0.4 is 0 Å². The van der Waals surface area contributed by atoms with Gasteiger partial charge in [-0.2, -0.15) is 5.10 Å². The standard InChI is InChI=1S/C38H34N4O2S2/c1-3-4-24-46(43,44)37-23-21-35(45-37)34-25-39-36-22-20-29(26-41(34)36)33-27-42(40-28(33)2)38(30-14-8-5-9-15-30,31-16-10-6-11-17-31)32-18-12-7-13-19-32/h5-23,25-27H,3-4,24H2,1-2H3. The SMILES string of the molecule is CCCCS(=O)(=O)c1ccc(-c2cnc3ccc(-c4cn(C(c5ccccc5)(c5ccccc5)c5ccccc5)nc4C)cn23)s1. The Morgan fingerprint density at radius 2 is 1.37 bits per heavy atom. The highest BCUT2D eigenvalue weighted by Gasteiger charge is 2.39. The molecule has 0 aliphatic heterocycles. The summed E-state index contributed by atoms with van der Waals surface area (Å²) in [6.45, 7) is 4.05. The lowest BCUT2D eigenvalue weighted by Gasteiger charge is -2.36. The predicted molar refractivity (Wildman–Crippen MR) is 186 cm³/mol. The number of aryl methyl sites for hydroxylation is 1. The first-order chi connectivity index (χ1) is 22.4. The minimum atomic E-state index is -3.30. The summed E-state index contributed by atoms with van der Waals surface area (Å²) in [5, 5.41) is 5.22. The molecule has 0 atom stereocenters. The topological polar surface area (TPSA) is 69.3 Å². The van der Waals surface area contributed by atoms with Crippen molar-refractivity contribution in [3.63, 3.8) is 0 Å². The average Bonchev–Trinajstić information content (AvgIpc) is 3.85. The van der Waals surface area contributed by atoms with Gasteiger partial charge < -0.3 is 0 Å². The summed E-state index contributed by atoms with van der Waals surface area (Å²) in [5.41, 5.74) is 7.15. The Hall–Kier alpha value is -4.79. The van der Waals surface area contributed by atoms with Gasteiger partial charge in [0, 0.05) is 23.5 Å². The Morgan fingerprint density at radius 3 is 1.96 bits per heavy atom. The molecule has 7 aromatic rings. The lowest BCUT2D eigenvalue weighted by Crippen LogP contribution is -2.38.